The topological polar surface area (TPSA) is 104 Å². The molecule has 32 heavy (non-hydrogen) atoms. The van der Waals surface area contributed by atoms with Gasteiger partial charge in [0.2, 0.25) is 16.9 Å². The van der Waals surface area contributed by atoms with E-state index < -0.39 is 24.0 Å². The lowest BCUT2D eigenvalue weighted by Crippen LogP contribution is -2.55. The van der Waals surface area contributed by atoms with Crippen molar-refractivity contribution in [3.05, 3.63) is 71.3 Å². The number of carboxylic acid groups (broad SMARTS) is 1. The summed E-state index contributed by atoms with van der Waals surface area (Å²) in [4.78, 5) is 51.7. The Kier molecular flexibility index (Phi) is 6.60. The van der Waals surface area contributed by atoms with Gasteiger partial charge in [-0.2, -0.15) is 0 Å². The molecule has 0 saturated carbocycles. The Morgan fingerprint density at radius 1 is 1.03 bits per heavy atom. The van der Waals surface area contributed by atoms with Crippen LogP contribution in [0.5, 0.6) is 0 Å². The average Bonchev–Trinajstić information content (AvgIpc) is 2.93. The molecule has 0 bridgehead atoms. The van der Waals surface area contributed by atoms with Crippen molar-refractivity contribution in [1.29, 1.82) is 0 Å². The van der Waals surface area contributed by atoms with Crippen molar-refractivity contribution in [2.45, 2.75) is 43.8 Å². The van der Waals surface area contributed by atoms with E-state index in [-0.39, 0.29) is 29.2 Å². The van der Waals surface area contributed by atoms with E-state index >= 15 is 0 Å². The lowest BCUT2D eigenvalue weighted by atomic mass is 9.89. The predicted molar refractivity (Wildman–Crippen MR) is 120 cm³/mol. The molecule has 2 aliphatic heterocycles. The van der Waals surface area contributed by atoms with Crippen LogP contribution >= 0.6 is 11.8 Å². The van der Waals surface area contributed by atoms with Gasteiger partial charge in [-0.1, -0.05) is 66.4 Å². The highest BCUT2D eigenvalue weighted by molar-refractivity contribution is 8.14. The van der Waals surface area contributed by atoms with Crippen LogP contribution in [0.15, 0.2) is 54.6 Å². The molecule has 7 nitrogen and oxygen atoms in total. The Morgan fingerprint density at radius 2 is 1.75 bits per heavy atom. The summed E-state index contributed by atoms with van der Waals surface area (Å²) >= 11 is 0.876. The van der Waals surface area contributed by atoms with Crippen LogP contribution in [0.3, 0.4) is 0 Å². The van der Waals surface area contributed by atoms with E-state index in [9.17, 15) is 24.3 Å². The van der Waals surface area contributed by atoms with Crippen molar-refractivity contribution in [1.82, 2.24) is 10.2 Å². The first-order valence-corrected chi connectivity index (χ1v) is 11.6. The Morgan fingerprint density at radius 3 is 2.50 bits per heavy atom. The third-order valence-electron chi connectivity index (χ3n) is 5.98. The maximum absolute atomic E-state index is 13.4. The van der Waals surface area contributed by atoms with Gasteiger partial charge in [0.15, 0.2) is 0 Å². The summed E-state index contributed by atoms with van der Waals surface area (Å²) < 4.78 is 0. The smallest absolute Gasteiger partial charge is 0.326 e. The number of benzene rings is 2. The molecule has 0 radical (unpaired) electrons. The number of aliphatic carboxylic acids is 1. The molecule has 2 heterocycles. The fourth-order valence-electron chi connectivity index (χ4n) is 4.52. The second-order valence-corrected chi connectivity index (χ2v) is 8.96. The van der Waals surface area contributed by atoms with Gasteiger partial charge in [-0.05, 0) is 30.4 Å². The summed E-state index contributed by atoms with van der Waals surface area (Å²) in [5.41, 5.74) is 2.38. The van der Waals surface area contributed by atoms with Crippen molar-refractivity contribution in [3.63, 3.8) is 0 Å². The molecule has 4 rings (SSSR count). The Balaban J connectivity index is 1.52. The van der Waals surface area contributed by atoms with Crippen LogP contribution < -0.4 is 5.32 Å². The van der Waals surface area contributed by atoms with Crippen molar-refractivity contribution in [2.75, 3.05) is 5.75 Å². The number of thioether (sulfide) groups is 1. The summed E-state index contributed by atoms with van der Waals surface area (Å²) in [6, 6.07) is 14.2. The zero-order chi connectivity index (χ0) is 22.7. The maximum Gasteiger partial charge on any atom is 0.326 e. The molecule has 2 amide bonds. The molecule has 166 valence electrons. The third kappa shape index (κ3) is 4.55. The average molecular weight is 453 g/mol. The molecule has 0 aliphatic carbocycles. The van der Waals surface area contributed by atoms with Crippen LogP contribution in [0.25, 0.3) is 0 Å². The van der Waals surface area contributed by atoms with Gasteiger partial charge >= 0.3 is 5.97 Å². The first kappa shape index (κ1) is 22.1. The number of amides is 2. The number of carboxylic acids is 1. The van der Waals surface area contributed by atoms with Gasteiger partial charge < -0.3 is 15.3 Å². The molecule has 2 aliphatic rings. The molecule has 1 saturated heterocycles. The summed E-state index contributed by atoms with van der Waals surface area (Å²) in [5, 5.41) is 12.3. The third-order valence-corrected chi connectivity index (χ3v) is 6.89. The van der Waals surface area contributed by atoms with E-state index in [4.69, 9.17) is 0 Å². The van der Waals surface area contributed by atoms with Gasteiger partial charge in [-0.3, -0.25) is 14.4 Å². The van der Waals surface area contributed by atoms with Gasteiger partial charge in [0.1, 0.15) is 12.1 Å². The molecular formula is C24H24N2O5S. The van der Waals surface area contributed by atoms with Crippen LogP contribution in [0.2, 0.25) is 0 Å². The lowest BCUT2D eigenvalue weighted by molar-refractivity contribution is -0.156. The summed E-state index contributed by atoms with van der Waals surface area (Å²) in [5.74, 6) is -1.97. The van der Waals surface area contributed by atoms with Gasteiger partial charge in [-0.25, -0.2) is 4.79 Å². The van der Waals surface area contributed by atoms with Crippen LogP contribution in [0.1, 0.15) is 46.8 Å². The minimum absolute atomic E-state index is 0.120. The van der Waals surface area contributed by atoms with E-state index in [1.807, 2.05) is 30.3 Å². The van der Waals surface area contributed by atoms with Crippen molar-refractivity contribution >= 4 is 34.7 Å². The lowest BCUT2D eigenvalue weighted by Gasteiger charge is -2.40. The molecular weight excluding hydrogens is 428 g/mol. The summed E-state index contributed by atoms with van der Waals surface area (Å²) in [6.45, 7) is 0. The number of nitrogens with zero attached hydrogens (tertiary/aromatic N) is 1. The fraction of sp³-hybridized carbons (Fsp3) is 0.333. The van der Waals surface area contributed by atoms with Crippen LogP contribution in [0, 0.1) is 0 Å². The zero-order valence-electron chi connectivity index (χ0n) is 17.4. The first-order valence-electron chi connectivity index (χ1n) is 10.6. The van der Waals surface area contributed by atoms with Crippen LogP contribution in [-0.4, -0.2) is 50.7 Å². The number of piperidine rings is 1. The van der Waals surface area contributed by atoms with E-state index in [0.717, 1.165) is 29.3 Å². The second-order valence-electron chi connectivity index (χ2n) is 8.01. The van der Waals surface area contributed by atoms with E-state index in [1.54, 1.807) is 24.3 Å². The Bertz CT molecular complexity index is 1040. The maximum atomic E-state index is 13.4. The first-order chi connectivity index (χ1) is 15.5. The largest absolute Gasteiger partial charge is 0.480 e. The fourth-order valence-corrected chi connectivity index (χ4v) is 5.17. The highest BCUT2D eigenvalue weighted by Gasteiger charge is 2.44. The van der Waals surface area contributed by atoms with Crippen molar-refractivity contribution in [3.8, 4) is 0 Å². The van der Waals surface area contributed by atoms with Gasteiger partial charge in [0.25, 0.3) is 0 Å². The molecule has 2 aromatic rings. The quantitative estimate of drug-likeness (QED) is 0.723. The van der Waals surface area contributed by atoms with Gasteiger partial charge in [0.05, 0.1) is 11.8 Å². The van der Waals surface area contributed by atoms with E-state index in [1.165, 1.54) is 4.90 Å². The molecule has 8 heteroatoms. The van der Waals surface area contributed by atoms with E-state index in [0.29, 0.717) is 18.4 Å². The molecule has 2 aromatic carbocycles. The minimum Gasteiger partial charge on any atom is -0.480 e. The second kappa shape index (κ2) is 9.56. The Labute approximate surface area is 190 Å². The summed E-state index contributed by atoms with van der Waals surface area (Å²) in [7, 11) is 0. The molecule has 0 spiro atoms. The molecule has 2 N–H and O–H groups in total. The number of hydrogen-bond acceptors (Lipinski definition) is 5. The highest BCUT2D eigenvalue weighted by atomic mass is 32.2. The normalized spacial score (nSPS) is 22.3. The zero-order valence-corrected chi connectivity index (χ0v) is 18.2. The van der Waals surface area contributed by atoms with Crippen molar-refractivity contribution in [2.24, 2.45) is 0 Å². The number of carbonyl (C=O) groups is 4. The van der Waals surface area contributed by atoms with Crippen LogP contribution in [0.4, 0.5) is 0 Å². The van der Waals surface area contributed by atoms with Crippen LogP contribution in [-0.2, 0) is 20.8 Å². The number of rotatable bonds is 5. The van der Waals surface area contributed by atoms with Gasteiger partial charge in [0, 0.05) is 12.0 Å². The Hall–Kier alpha value is -3.13. The minimum atomic E-state index is -1.03. The number of hydrogen-bond donors (Lipinski definition) is 2. The molecule has 1 fully saturated rings. The van der Waals surface area contributed by atoms with Gasteiger partial charge in [-0.15, -0.1) is 0 Å². The number of fused-ring (bicyclic) bond motifs is 3. The monoisotopic (exact) mass is 452 g/mol. The van der Waals surface area contributed by atoms with Crippen molar-refractivity contribution < 1.29 is 24.3 Å². The predicted octanol–water partition coefficient (Wildman–Crippen LogP) is 2.81. The molecule has 0 aromatic heterocycles. The SMILES string of the molecule is O=C(CSC(=O)c1ccccc1)NC1Cc2ccccc2C2CCCC(C(=O)O)N2C1=O. The summed E-state index contributed by atoms with van der Waals surface area (Å²) in [6.07, 6.45) is 2.09. The van der Waals surface area contributed by atoms with E-state index in [2.05, 4.69) is 5.32 Å². The highest BCUT2D eigenvalue weighted by Crippen LogP contribution is 2.39. The molecule has 3 atom stereocenters. The molecule has 3 unspecified atom stereocenters. The number of nitrogens with one attached hydrogen (secondary N) is 1. The standard InChI is InChI=1S/C24H24N2O5S/c27-21(14-32-24(31)15-7-2-1-3-8-15)25-18-13-16-9-4-5-10-17(16)19-11-6-12-20(23(29)30)26(19)22(18)28/h1-5,7-10,18-20H,6,11-14H2,(H,25,27)(H,29,30). The number of carbonyl (C=O) groups excluding carboxylic acids is 3.